The van der Waals surface area contributed by atoms with Gasteiger partial charge in [-0.05, 0) is 45.8 Å². The van der Waals surface area contributed by atoms with E-state index in [1.807, 2.05) is 0 Å². The number of H-pyrrole nitrogens is 1. The molecular formula is C15H10BrF2N3. The Balaban J connectivity index is 2.22. The van der Waals surface area contributed by atoms with E-state index in [-0.39, 0.29) is 11.6 Å². The maximum Gasteiger partial charge on any atom is 0.153 e. The normalized spacial score (nSPS) is 10.8. The summed E-state index contributed by atoms with van der Waals surface area (Å²) in [7, 11) is 0. The molecule has 0 aliphatic carbocycles. The minimum Gasteiger partial charge on any atom is -0.382 e. The molecule has 3 N–H and O–H groups in total. The first kappa shape index (κ1) is 13.8. The molecule has 1 heterocycles. The Morgan fingerprint density at radius 2 is 1.76 bits per heavy atom. The number of rotatable bonds is 2. The van der Waals surface area contributed by atoms with Crippen molar-refractivity contribution < 1.29 is 8.78 Å². The van der Waals surface area contributed by atoms with Crippen LogP contribution in [0, 0.1) is 11.6 Å². The van der Waals surface area contributed by atoms with Crippen LogP contribution in [0.4, 0.5) is 14.6 Å². The molecule has 21 heavy (non-hydrogen) atoms. The van der Waals surface area contributed by atoms with Gasteiger partial charge in [0.2, 0.25) is 0 Å². The van der Waals surface area contributed by atoms with Gasteiger partial charge < -0.3 is 5.73 Å². The SMILES string of the molecule is Nc1n[nH]c(-c2cccc(Br)c2F)c1-c1ccc(F)cc1. The number of benzene rings is 2. The highest BCUT2D eigenvalue weighted by molar-refractivity contribution is 9.10. The van der Waals surface area contributed by atoms with Gasteiger partial charge in [-0.1, -0.05) is 18.2 Å². The third kappa shape index (κ3) is 2.42. The summed E-state index contributed by atoms with van der Waals surface area (Å²) in [6.45, 7) is 0. The van der Waals surface area contributed by atoms with E-state index in [0.717, 1.165) is 0 Å². The van der Waals surface area contributed by atoms with Gasteiger partial charge in [0.25, 0.3) is 0 Å². The average Bonchev–Trinajstić information content (AvgIpc) is 2.85. The van der Waals surface area contributed by atoms with Gasteiger partial charge in [-0.15, -0.1) is 0 Å². The molecule has 0 saturated carbocycles. The molecule has 0 atom stereocenters. The molecule has 0 radical (unpaired) electrons. The van der Waals surface area contributed by atoms with Gasteiger partial charge in [-0.2, -0.15) is 5.10 Å². The summed E-state index contributed by atoms with van der Waals surface area (Å²) in [5, 5.41) is 6.68. The number of nitrogens with zero attached hydrogens (tertiary/aromatic N) is 1. The Morgan fingerprint density at radius 1 is 1.05 bits per heavy atom. The number of aromatic amines is 1. The van der Waals surface area contributed by atoms with E-state index in [1.165, 1.54) is 12.1 Å². The summed E-state index contributed by atoms with van der Waals surface area (Å²) in [6.07, 6.45) is 0. The number of aromatic nitrogens is 2. The summed E-state index contributed by atoms with van der Waals surface area (Å²) in [4.78, 5) is 0. The molecule has 0 spiro atoms. The number of nitrogens with two attached hydrogens (primary N) is 1. The summed E-state index contributed by atoms with van der Waals surface area (Å²) < 4.78 is 27.7. The molecule has 0 unspecified atom stereocenters. The van der Waals surface area contributed by atoms with Crippen molar-refractivity contribution in [2.24, 2.45) is 0 Å². The van der Waals surface area contributed by atoms with Gasteiger partial charge in [-0.25, -0.2) is 8.78 Å². The lowest BCUT2D eigenvalue weighted by atomic mass is 10.0. The van der Waals surface area contributed by atoms with E-state index in [0.29, 0.717) is 26.9 Å². The zero-order valence-corrected chi connectivity index (χ0v) is 12.3. The van der Waals surface area contributed by atoms with Gasteiger partial charge in [0.15, 0.2) is 5.82 Å². The largest absolute Gasteiger partial charge is 0.382 e. The van der Waals surface area contributed by atoms with Crippen molar-refractivity contribution in [3.63, 3.8) is 0 Å². The summed E-state index contributed by atoms with van der Waals surface area (Å²) in [6, 6.07) is 10.8. The maximum atomic E-state index is 14.3. The summed E-state index contributed by atoms with van der Waals surface area (Å²) >= 11 is 3.15. The highest BCUT2D eigenvalue weighted by Gasteiger charge is 2.18. The quantitative estimate of drug-likeness (QED) is 0.721. The van der Waals surface area contributed by atoms with Crippen molar-refractivity contribution in [2.75, 3.05) is 5.73 Å². The van der Waals surface area contributed by atoms with Crippen LogP contribution in [0.15, 0.2) is 46.9 Å². The van der Waals surface area contributed by atoms with Crippen molar-refractivity contribution >= 4 is 21.7 Å². The third-order valence-corrected chi connectivity index (χ3v) is 3.76. The lowest BCUT2D eigenvalue weighted by Crippen LogP contribution is -1.91. The van der Waals surface area contributed by atoms with E-state index in [2.05, 4.69) is 26.1 Å². The van der Waals surface area contributed by atoms with Gasteiger partial charge in [0.1, 0.15) is 11.6 Å². The second-order valence-electron chi connectivity index (χ2n) is 4.47. The molecule has 1 aromatic heterocycles. The number of hydrogen-bond acceptors (Lipinski definition) is 2. The van der Waals surface area contributed by atoms with Crippen molar-refractivity contribution in [1.82, 2.24) is 10.2 Å². The van der Waals surface area contributed by atoms with Crippen LogP contribution in [0.2, 0.25) is 0 Å². The third-order valence-electron chi connectivity index (χ3n) is 3.15. The van der Waals surface area contributed by atoms with Crippen LogP contribution < -0.4 is 5.73 Å². The van der Waals surface area contributed by atoms with Crippen LogP contribution in [0.3, 0.4) is 0 Å². The van der Waals surface area contributed by atoms with Crippen LogP contribution in [-0.4, -0.2) is 10.2 Å². The molecule has 0 aliphatic heterocycles. The topological polar surface area (TPSA) is 54.7 Å². The molecule has 0 amide bonds. The Morgan fingerprint density at radius 3 is 2.48 bits per heavy atom. The first-order valence-electron chi connectivity index (χ1n) is 6.12. The van der Waals surface area contributed by atoms with Gasteiger partial charge in [-0.3, -0.25) is 5.10 Å². The van der Waals surface area contributed by atoms with E-state index in [9.17, 15) is 8.78 Å². The standard InChI is InChI=1S/C15H10BrF2N3/c16-11-3-1-2-10(13(11)18)14-12(15(19)21-20-14)8-4-6-9(17)7-5-8/h1-7H,(H3,19,20,21). The van der Waals surface area contributed by atoms with E-state index in [1.54, 1.807) is 30.3 Å². The fourth-order valence-electron chi connectivity index (χ4n) is 2.16. The molecule has 3 rings (SSSR count). The molecule has 0 aliphatic rings. The van der Waals surface area contributed by atoms with Gasteiger partial charge >= 0.3 is 0 Å². The van der Waals surface area contributed by atoms with E-state index >= 15 is 0 Å². The lowest BCUT2D eigenvalue weighted by molar-refractivity contribution is 0.624. The molecule has 0 fully saturated rings. The molecule has 2 aromatic carbocycles. The van der Waals surface area contributed by atoms with Crippen molar-refractivity contribution in [3.05, 3.63) is 58.6 Å². The Kier molecular flexibility index (Phi) is 3.47. The predicted octanol–water partition coefficient (Wildman–Crippen LogP) is 4.37. The smallest absolute Gasteiger partial charge is 0.153 e. The fourth-order valence-corrected chi connectivity index (χ4v) is 2.52. The second-order valence-corrected chi connectivity index (χ2v) is 5.32. The van der Waals surface area contributed by atoms with Crippen molar-refractivity contribution in [2.45, 2.75) is 0 Å². The van der Waals surface area contributed by atoms with Crippen molar-refractivity contribution in [3.8, 4) is 22.4 Å². The first-order valence-corrected chi connectivity index (χ1v) is 6.91. The van der Waals surface area contributed by atoms with E-state index < -0.39 is 5.82 Å². The zero-order valence-electron chi connectivity index (χ0n) is 10.7. The number of halogens is 3. The Hall–Kier alpha value is -2.21. The Bertz CT molecular complexity index is 797. The molecular weight excluding hydrogens is 340 g/mol. The molecule has 0 bridgehead atoms. The van der Waals surface area contributed by atoms with Gasteiger partial charge in [0.05, 0.1) is 15.7 Å². The Labute approximate surface area is 127 Å². The monoisotopic (exact) mass is 349 g/mol. The lowest BCUT2D eigenvalue weighted by Gasteiger charge is -2.07. The number of nitrogen functional groups attached to an aromatic ring is 1. The zero-order chi connectivity index (χ0) is 15.0. The van der Waals surface area contributed by atoms with Crippen molar-refractivity contribution in [1.29, 1.82) is 0 Å². The average molecular weight is 350 g/mol. The maximum absolute atomic E-state index is 14.3. The fraction of sp³-hybridized carbons (Fsp3) is 0. The molecule has 3 aromatic rings. The number of nitrogens with one attached hydrogen (secondary N) is 1. The molecule has 0 saturated heterocycles. The first-order chi connectivity index (χ1) is 10.1. The van der Waals surface area contributed by atoms with Crippen LogP contribution >= 0.6 is 15.9 Å². The summed E-state index contributed by atoms with van der Waals surface area (Å²) in [5.41, 5.74) is 7.88. The molecule has 6 heteroatoms. The highest BCUT2D eigenvalue weighted by Crippen LogP contribution is 2.37. The molecule has 106 valence electrons. The van der Waals surface area contributed by atoms with Crippen LogP contribution in [0.5, 0.6) is 0 Å². The number of anilines is 1. The van der Waals surface area contributed by atoms with Crippen LogP contribution in [-0.2, 0) is 0 Å². The van der Waals surface area contributed by atoms with Gasteiger partial charge in [0, 0.05) is 5.56 Å². The highest BCUT2D eigenvalue weighted by atomic mass is 79.9. The molecule has 3 nitrogen and oxygen atoms in total. The predicted molar refractivity (Wildman–Crippen MR) is 81.5 cm³/mol. The second kappa shape index (κ2) is 5.29. The van der Waals surface area contributed by atoms with Crippen LogP contribution in [0.25, 0.3) is 22.4 Å². The number of hydrogen-bond donors (Lipinski definition) is 2. The minimum absolute atomic E-state index is 0.232. The van der Waals surface area contributed by atoms with Crippen LogP contribution in [0.1, 0.15) is 0 Å². The summed E-state index contributed by atoms with van der Waals surface area (Å²) in [5.74, 6) is -0.531. The minimum atomic E-state index is -0.412. The van der Waals surface area contributed by atoms with E-state index in [4.69, 9.17) is 5.73 Å².